The van der Waals surface area contributed by atoms with E-state index in [4.69, 9.17) is 5.73 Å². The lowest BCUT2D eigenvalue weighted by molar-refractivity contribution is -0.120. The van der Waals surface area contributed by atoms with E-state index in [2.05, 4.69) is 21.2 Å². The maximum absolute atomic E-state index is 13.7. The normalized spacial score (nSPS) is 13.2. The van der Waals surface area contributed by atoms with E-state index in [1.165, 1.54) is 0 Å². The number of benzene rings is 1. The zero-order valence-electron chi connectivity index (χ0n) is 11.8. The van der Waals surface area contributed by atoms with Crippen molar-refractivity contribution >= 4 is 27.5 Å². The molecule has 20 heavy (non-hydrogen) atoms. The fourth-order valence-electron chi connectivity index (χ4n) is 1.91. The average molecular weight is 349 g/mol. The molecule has 0 saturated carbocycles. The van der Waals surface area contributed by atoms with Crippen molar-refractivity contribution in [3.05, 3.63) is 28.2 Å². The van der Waals surface area contributed by atoms with Gasteiger partial charge in [0, 0.05) is 11.0 Å². The third kappa shape index (κ3) is 4.83. The number of nitrogens with one attached hydrogen (secondary N) is 1. The molecule has 0 spiro atoms. The molecule has 1 atom stereocenters. The van der Waals surface area contributed by atoms with Gasteiger partial charge >= 0.3 is 0 Å². The number of rotatable bonds is 4. The van der Waals surface area contributed by atoms with Crippen LogP contribution in [-0.2, 0) is 4.79 Å². The number of carbonyl (C=O) groups is 1. The van der Waals surface area contributed by atoms with E-state index in [-0.39, 0.29) is 16.4 Å². The van der Waals surface area contributed by atoms with Crippen molar-refractivity contribution in [1.29, 1.82) is 0 Å². The Labute approximate surface area is 126 Å². The number of halogens is 3. The summed E-state index contributed by atoms with van der Waals surface area (Å²) in [5, 5.41) is 2.29. The SMILES string of the molecule is CC(C)(C)CC(CN)C(=O)Nc1c(F)cc(Br)cc1F. The van der Waals surface area contributed by atoms with E-state index in [1.807, 2.05) is 20.8 Å². The summed E-state index contributed by atoms with van der Waals surface area (Å²) in [5.41, 5.74) is 5.04. The second-order valence-corrected chi connectivity index (χ2v) is 6.85. The summed E-state index contributed by atoms with van der Waals surface area (Å²) in [4.78, 5) is 12.1. The highest BCUT2D eigenvalue weighted by Gasteiger charge is 2.25. The van der Waals surface area contributed by atoms with Gasteiger partial charge in [0.1, 0.15) is 5.69 Å². The largest absolute Gasteiger partial charge is 0.330 e. The number of amides is 1. The highest BCUT2D eigenvalue weighted by molar-refractivity contribution is 9.10. The van der Waals surface area contributed by atoms with Gasteiger partial charge in [0.05, 0.1) is 5.92 Å². The molecule has 0 heterocycles. The molecule has 1 aromatic rings. The Bertz CT molecular complexity index is 477. The second-order valence-electron chi connectivity index (χ2n) is 5.93. The monoisotopic (exact) mass is 348 g/mol. The molecule has 112 valence electrons. The Morgan fingerprint density at radius 3 is 2.25 bits per heavy atom. The molecule has 1 amide bonds. The van der Waals surface area contributed by atoms with Gasteiger partial charge in [0.2, 0.25) is 5.91 Å². The molecule has 1 unspecified atom stereocenters. The van der Waals surface area contributed by atoms with Gasteiger partial charge in [0.25, 0.3) is 0 Å². The number of hydrogen-bond acceptors (Lipinski definition) is 2. The molecule has 0 bridgehead atoms. The predicted octanol–water partition coefficient (Wildman–Crippen LogP) is 3.68. The molecule has 0 radical (unpaired) electrons. The smallest absolute Gasteiger partial charge is 0.228 e. The van der Waals surface area contributed by atoms with E-state index in [0.717, 1.165) is 12.1 Å². The van der Waals surface area contributed by atoms with E-state index in [9.17, 15) is 13.6 Å². The summed E-state index contributed by atoms with van der Waals surface area (Å²) in [6, 6.07) is 2.19. The van der Waals surface area contributed by atoms with Crippen molar-refractivity contribution in [3.63, 3.8) is 0 Å². The minimum Gasteiger partial charge on any atom is -0.330 e. The highest BCUT2D eigenvalue weighted by atomic mass is 79.9. The standard InChI is InChI=1S/C14H19BrF2N2O/c1-14(2,3)6-8(7-18)13(20)19-12-10(16)4-9(15)5-11(12)17/h4-5,8H,6-7,18H2,1-3H3,(H,19,20). The molecule has 3 N–H and O–H groups in total. The van der Waals surface area contributed by atoms with Crippen LogP contribution in [-0.4, -0.2) is 12.5 Å². The van der Waals surface area contributed by atoms with Crippen LogP contribution in [0.25, 0.3) is 0 Å². The van der Waals surface area contributed by atoms with E-state index in [1.54, 1.807) is 0 Å². The van der Waals surface area contributed by atoms with Crippen molar-refractivity contribution in [2.24, 2.45) is 17.1 Å². The highest BCUT2D eigenvalue weighted by Crippen LogP contribution is 2.27. The van der Waals surface area contributed by atoms with Crippen LogP contribution in [0.5, 0.6) is 0 Å². The lowest BCUT2D eigenvalue weighted by Gasteiger charge is -2.24. The topological polar surface area (TPSA) is 55.1 Å². The molecule has 0 fully saturated rings. The van der Waals surface area contributed by atoms with Gasteiger partial charge in [-0.25, -0.2) is 8.78 Å². The molecular weight excluding hydrogens is 330 g/mol. The van der Waals surface area contributed by atoms with Gasteiger partial charge < -0.3 is 11.1 Å². The van der Waals surface area contributed by atoms with Crippen LogP contribution in [0.3, 0.4) is 0 Å². The maximum atomic E-state index is 13.7. The summed E-state index contributed by atoms with van der Waals surface area (Å²) in [5.74, 6) is -2.60. The molecule has 0 aliphatic carbocycles. The van der Waals surface area contributed by atoms with Gasteiger partial charge in [-0.1, -0.05) is 36.7 Å². The van der Waals surface area contributed by atoms with Crippen LogP contribution in [0.4, 0.5) is 14.5 Å². The van der Waals surface area contributed by atoms with Crippen LogP contribution in [0, 0.1) is 23.0 Å². The molecular formula is C14H19BrF2N2O. The minimum atomic E-state index is -0.822. The Kier molecular flexibility index (Phi) is 5.65. The summed E-state index contributed by atoms with van der Waals surface area (Å²) >= 11 is 2.98. The number of carbonyl (C=O) groups excluding carboxylic acids is 1. The second kappa shape index (κ2) is 6.63. The third-order valence-corrected chi connectivity index (χ3v) is 3.23. The van der Waals surface area contributed by atoms with Crippen molar-refractivity contribution in [2.75, 3.05) is 11.9 Å². The van der Waals surface area contributed by atoms with Gasteiger partial charge in [-0.3, -0.25) is 4.79 Å². The van der Waals surface area contributed by atoms with Crippen LogP contribution >= 0.6 is 15.9 Å². The van der Waals surface area contributed by atoms with Gasteiger partial charge in [-0.15, -0.1) is 0 Å². The van der Waals surface area contributed by atoms with Crippen molar-refractivity contribution in [2.45, 2.75) is 27.2 Å². The molecule has 1 rings (SSSR count). The van der Waals surface area contributed by atoms with E-state index in [0.29, 0.717) is 6.42 Å². The van der Waals surface area contributed by atoms with Crippen LogP contribution in [0.15, 0.2) is 16.6 Å². The Morgan fingerprint density at radius 1 is 1.35 bits per heavy atom. The summed E-state index contributed by atoms with van der Waals surface area (Å²) in [6.45, 7) is 6.06. The van der Waals surface area contributed by atoms with Crippen LogP contribution in [0.2, 0.25) is 0 Å². The average Bonchev–Trinajstić information content (AvgIpc) is 2.29. The first-order valence-corrected chi connectivity index (χ1v) is 7.09. The maximum Gasteiger partial charge on any atom is 0.228 e. The van der Waals surface area contributed by atoms with E-state index >= 15 is 0 Å². The fraction of sp³-hybridized carbons (Fsp3) is 0.500. The summed E-state index contributed by atoms with van der Waals surface area (Å²) < 4.78 is 27.6. The quantitative estimate of drug-likeness (QED) is 0.871. The zero-order chi connectivity index (χ0) is 15.5. The Hall–Kier alpha value is -1.01. The molecule has 0 aliphatic rings. The van der Waals surface area contributed by atoms with E-state index < -0.39 is 29.1 Å². The fourth-order valence-corrected chi connectivity index (χ4v) is 2.31. The zero-order valence-corrected chi connectivity index (χ0v) is 13.4. The first-order valence-electron chi connectivity index (χ1n) is 6.29. The Morgan fingerprint density at radius 2 is 1.85 bits per heavy atom. The van der Waals surface area contributed by atoms with Gasteiger partial charge in [-0.05, 0) is 24.0 Å². The van der Waals surface area contributed by atoms with Gasteiger partial charge in [-0.2, -0.15) is 0 Å². The first kappa shape index (κ1) is 17.0. The lowest BCUT2D eigenvalue weighted by Crippen LogP contribution is -2.33. The first-order chi connectivity index (χ1) is 9.14. The summed E-state index contributed by atoms with van der Waals surface area (Å²) in [7, 11) is 0. The van der Waals surface area contributed by atoms with Gasteiger partial charge in [0.15, 0.2) is 11.6 Å². The molecule has 0 saturated heterocycles. The lowest BCUT2D eigenvalue weighted by atomic mass is 9.84. The number of hydrogen-bond donors (Lipinski definition) is 2. The van der Waals surface area contributed by atoms with Crippen molar-refractivity contribution in [3.8, 4) is 0 Å². The minimum absolute atomic E-state index is 0.0990. The van der Waals surface area contributed by atoms with Crippen molar-refractivity contribution < 1.29 is 13.6 Å². The number of anilines is 1. The summed E-state index contributed by atoms with van der Waals surface area (Å²) in [6.07, 6.45) is 0.537. The molecule has 0 aliphatic heterocycles. The molecule has 3 nitrogen and oxygen atoms in total. The predicted molar refractivity (Wildman–Crippen MR) is 79.3 cm³/mol. The molecule has 6 heteroatoms. The Balaban J connectivity index is 2.89. The number of nitrogens with two attached hydrogens (primary N) is 1. The third-order valence-electron chi connectivity index (χ3n) is 2.77. The molecule has 1 aromatic carbocycles. The van der Waals surface area contributed by atoms with Crippen molar-refractivity contribution in [1.82, 2.24) is 0 Å². The van der Waals surface area contributed by atoms with Crippen LogP contribution in [0.1, 0.15) is 27.2 Å². The molecule has 0 aromatic heterocycles. The van der Waals surface area contributed by atoms with Crippen LogP contribution < -0.4 is 11.1 Å².